The van der Waals surface area contributed by atoms with Gasteiger partial charge in [-0.15, -0.1) is 0 Å². The Bertz CT molecular complexity index is 1300. The van der Waals surface area contributed by atoms with E-state index in [4.69, 9.17) is 11.6 Å². The monoisotopic (exact) mass is 438 g/mol. The van der Waals surface area contributed by atoms with Gasteiger partial charge in [0.15, 0.2) is 5.16 Å². The molecular formula is C22H19ClN4O2S. The first-order valence-electron chi connectivity index (χ1n) is 9.26. The standard InChI is InChI=1S/C22H19ClN4O2S/c1-13-8-9-17(16(23)10-13)25-18(28)12-30-22-26-19-15(14-6-4-3-5-7-14)11-24-20(19)21(29)27(22)2/h3-11,24H,12H2,1-2H3,(H,25,28). The Morgan fingerprint density at radius 3 is 2.73 bits per heavy atom. The van der Waals surface area contributed by atoms with Crippen LogP contribution in [0.5, 0.6) is 0 Å². The molecule has 0 aliphatic heterocycles. The second-order valence-electron chi connectivity index (χ2n) is 6.87. The van der Waals surface area contributed by atoms with Crippen molar-refractivity contribution in [2.45, 2.75) is 12.1 Å². The van der Waals surface area contributed by atoms with Crippen LogP contribution in [0, 0.1) is 6.92 Å². The third kappa shape index (κ3) is 3.99. The molecule has 0 spiro atoms. The molecule has 152 valence electrons. The molecule has 0 radical (unpaired) electrons. The van der Waals surface area contributed by atoms with E-state index in [1.54, 1.807) is 25.4 Å². The smallest absolute Gasteiger partial charge is 0.278 e. The van der Waals surface area contributed by atoms with Gasteiger partial charge in [-0.2, -0.15) is 0 Å². The van der Waals surface area contributed by atoms with E-state index in [0.717, 1.165) is 16.7 Å². The fourth-order valence-electron chi connectivity index (χ4n) is 3.12. The second kappa shape index (κ2) is 8.38. The maximum absolute atomic E-state index is 12.8. The van der Waals surface area contributed by atoms with E-state index in [2.05, 4.69) is 15.3 Å². The number of fused-ring (bicyclic) bond motifs is 1. The molecule has 0 fully saturated rings. The number of benzene rings is 2. The summed E-state index contributed by atoms with van der Waals surface area (Å²) in [5.74, 6) is -0.126. The number of carbonyl (C=O) groups is 1. The number of carbonyl (C=O) groups excluding carboxylic acids is 1. The van der Waals surface area contributed by atoms with Gasteiger partial charge in [-0.3, -0.25) is 14.2 Å². The number of nitrogens with one attached hydrogen (secondary N) is 2. The summed E-state index contributed by atoms with van der Waals surface area (Å²) in [6.45, 7) is 1.93. The molecule has 0 bridgehead atoms. The van der Waals surface area contributed by atoms with Gasteiger partial charge in [0, 0.05) is 18.8 Å². The largest absolute Gasteiger partial charge is 0.355 e. The van der Waals surface area contributed by atoms with Gasteiger partial charge in [0.2, 0.25) is 5.91 Å². The maximum atomic E-state index is 12.8. The number of rotatable bonds is 5. The van der Waals surface area contributed by atoms with Crippen molar-refractivity contribution >= 4 is 46.0 Å². The molecule has 2 heterocycles. The van der Waals surface area contributed by atoms with Crippen LogP contribution < -0.4 is 10.9 Å². The molecule has 4 rings (SSSR count). The van der Waals surface area contributed by atoms with Gasteiger partial charge >= 0.3 is 0 Å². The van der Waals surface area contributed by atoms with Crippen LogP contribution in [0.2, 0.25) is 5.02 Å². The minimum Gasteiger partial charge on any atom is -0.355 e. The van der Waals surface area contributed by atoms with Crippen LogP contribution in [0.4, 0.5) is 5.69 Å². The highest BCUT2D eigenvalue weighted by atomic mass is 35.5. The topological polar surface area (TPSA) is 79.8 Å². The van der Waals surface area contributed by atoms with Crippen molar-refractivity contribution in [1.82, 2.24) is 14.5 Å². The summed E-state index contributed by atoms with van der Waals surface area (Å²) in [5.41, 5.74) is 4.23. The molecule has 0 unspecified atom stereocenters. The zero-order chi connectivity index (χ0) is 21.3. The first-order valence-corrected chi connectivity index (χ1v) is 10.6. The Labute approximate surface area is 182 Å². The second-order valence-corrected chi connectivity index (χ2v) is 8.22. The number of anilines is 1. The number of aromatic nitrogens is 3. The van der Waals surface area contributed by atoms with Gasteiger partial charge in [-0.1, -0.05) is 59.8 Å². The highest BCUT2D eigenvalue weighted by Crippen LogP contribution is 2.28. The molecule has 0 aliphatic carbocycles. The molecule has 6 nitrogen and oxygen atoms in total. The van der Waals surface area contributed by atoms with E-state index in [9.17, 15) is 9.59 Å². The number of nitrogens with zero attached hydrogens (tertiary/aromatic N) is 2. The molecule has 0 saturated heterocycles. The molecule has 2 aromatic heterocycles. The lowest BCUT2D eigenvalue weighted by Gasteiger charge is -2.10. The SMILES string of the molecule is Cc1ccc(NC(=O)CSc2nc3c(-c4ccccc4)c[nH]c3c(=O)n2C)c(Cl)c1. The molecule has 0 saturated carbocycles. The lowest BCUT2D eigenvalue weighted by Crippen LogP contribution is -2.21. The van der Waals surface area contributed by atoms with Crippen molar-refractivity contribution in [2.75, 3.05) is 11.1 Å². The van der Waals surface area contributed by atoms with E-state index in [1.165, 1.54) is 16.3 Å². The van der Waals surface area contributed by atoms with Gasteiger partial charge in [0.25, 0.3) is 5.56 Å². The predicted octanol–water partition coefficient (Wildman–Crippen LogP) is 4.62. The van der Waals surface area contributed by atoms with Crippen molar-refractivity contribution in [3.63, 3.8) is 0 Å². The van der Waals surface area contributed by atoms with Crippen LogP contribution in [0.1, 0.15) is 5.56 Å². The van der Waals surface area contributed by atoms with E-state index in [0.29, 0.717) is 26.9 Å². The average Bonchev–Trinajstić information content (AvgIpc) is 3.16. The normalized spacial score (nSPS) is 11.0. The Morgan fingerprint density at radius 1 is 1.23 bits per heavy atom. The van der Waals surface area contributed by atoms with Crippen LogP contribution in [0.15, 0.2) is 64.7 Å². The molecule has 4 aromatic rings. The van der Waals surface area contributed by atoms with Crippen molar-refractivity contribution in [3.05, 3.63) is 75.7 Å². The molecule has 8 heteroatoms. The highest BCUT2D eigenvalue weighted by Gasteiger charge is 2.16. The minimum absolute atomic E-state index is 0.0983. The molecular weight excluding hydrogens is 420 g/mol. The molecule has 2 N–H and O–H groups in total. The minimum atomic E-state index is -0.225. The third-order valence-electron chi connectivity index (χ3n) is 4.68. The quantitative estimate of drug-likeness (QED) is 0.352. The summed E-state index contributed by atoms with van der Waals surface area (Å²) in [6, 6.07) is 15.2. The van der Waals surface area contributed by atoms with Gasteiger partial charge in [0.1, 0.15) is 11.0 Å². The fourth-order valence-corrected chi connectivity index (χ4v) is 4.17. The zero-order valence-corrected chi connectivity index (χ0v) is 18.0. The average molecular weight is 439 g/mol. The van der Waals surface area contributed by atoms with Crippen LogP contribution in [-0.4, -0.2) is 26.2 Å². The summed E-state index contributed by atoms with van der Waals surface area (Å²) < 4.78 is 1.45. The van der Waals surface area contributed by atoms with E-state index < -0.39 is 0 Å². The number of hydrogen-bond acceptors (Lipinski definition) is 4. The number of aromatic amines is 1. The Balaban J connectivity index is 1.59. The van der Waals surface area contributed by atoms with Crippen molar-refractivity contribution < 1.29 is 4.79 Å². The number of hydrogen-bond donors (Lipinski definition) is 2. The van der Waals surface area contributed by atoms with Crippen LogP contribution in [-0.2, 0) is 11.8 Å². The van der Waals surface area contributed by atoms with E-state index in [1.807, 2.05) is 43.3 Å². The van der Waals surface area contributed by atoms with E-state index >= 15 is 0 Å². The van der Waals surface area contributed by atoms with Crippen LogP contribution in [0.25, 0.3) is 22.2 Å². The number of H-pyrrole nitrogens is 1. The number of thioether (sulfide) groups is 1. The number of aryl methyl sites for hydroxylation is 1. The summed E-state index contributed by atoms with van der Waals surface area (Å²) in [6.07, 6.45) is 1.79. The van der Waals surface area contributed by atoms with Gasteiger partial charge in [0.05, 0.1) is 16.5 Å². The Kier molecular flexibility index (Phi) is 5.65. The lowest BCUT2D eigenvalue weighted by atomic mass is 10.1. The summed E-state index contributed by atoms with van der Waals surface area (Å²) in [7, 11) is 1.65. The molecule has 1 amide bonds. The zero-order valence-electron chi connectivity index (χ0n) is 16.4. The van der Waals surface area contributed by atoms with Crippen molar-refractivity contribution in [1.29, 1.82) is 0 Å². The maximum Gasteiger partial charge on any atom is 0.278 e. The van der Waals surface area contributed by atoms with Crippen LogP contribution in [0.3, 0.4) is 0 Å². The van der Waals surface area contributed by atoms with Crippen molar-refractivity contribution in [3.8, 4) is 11.1 Å². The summed E-state index contributed by atoms with van der Waals surface area (Å²) in [5, 5.41) is 3.75. The van der Waals surface area contributed by atoms with Gasteiger partial charge < -0.3 is 10.3 Å². The lowest BCUT2D eigenvalue weighted by molar-refractivity contribution is -0.113. The van der Waals surface area contributed by atoms with Crippen LogP contribution >= 0.6 is 23.4 Å². The van der Waals surface area contributed by atoms with E-state index in [-0.39, 0.29) is 17.2 Å². The first kappa shape index (κ1) is 20.3. The summed E-state index contributed by atoms with van der Waals surface area (Å²) >= 11 is 7.39. The highest BCUT2D eigenvalue weighted by molar-refractivity contribution is 7.99. The van der Waals surface area contributed by atoms with Gasteiger partial charge in [-0.25, -0.2) is 4.98 Å². The summed E-state index contributed by atoms with van der Waals surface area (Å²) in [4.78, 5) is 32.9. The molecule has 0 atom stereocenters. The third-order valence-corrected chi connectivity index (χ3v) is 6.02. The van der Waals surface area contributed by atoms with Gasteiger partial charge in [-0.05, 0) is 30.2 Å². The molecule has 0 aliphatic rings. The number of halogens is 1. The Hall–Kier alpha value is -3.03. The number of amides is 1. The molecule has 2 aromatic carbocycles. The fraction of sp³-hybridized carbons (Fsp3) is 0.136. The molecule has 30 heavy (non-hydrogen) atoms. The Morgan fingerprint density at radius 2 is 2.00 bits per heavy atom. The van der Waals surface area contributed by atoms with Crippen molar-refractivity contribution in [2.24, 2.45) is 7.05 Å². The first-order chi connectivity index (χ1) is 14.4. The predicted molar refractivity (Wildman–Crippen MR) is 122 cm³/mol.